The summed E-state index contributed by atoms with van der Waals surface area (Å²) in [6.45, 7) is 3.22. The molecule has 6 heteroatoms. The molecule has 2 amide bonds. The van der Waals surface area contributed by atoms with Crippen LogP contribution >= 0.6 is 0 Å². The summed E-state index contributed by atoms with van der Waals surface area (Å²) in [6.07, 6.45) is 6.58. The SMILES string of the molecule is Cc1cc(F)ccc1NC(=O)CCC1CCCN(C(=O)c2cc[nH]c2)C1. The van der Waals surface area contributed by atoms with Crippen LogP contribution in [0.15, 0.2) is 36.7 Å². The number of nitrogens with one attached hydrogen (secondary N) is 2. The summed E-state index contributed by atoms with van der Waals surface area (Å²) >= 11 is 0. The fourth-order valence-electron chi connectivity index (χ4n) is 3.44. The Balaban J connectivity index is 1.49. The molecule has 1 atom stereocenters. The first-order valence-corrected chi connectivity index (χ1v) is 9.01. The number of carbonyl (C=O) groups excluding carboxylic acids is 2. The molecule has 0 saturated carbocycles. The van der Waals surface area contributed by atoms with Gasteiger partial charge in [-0.25, -0.2) is 4.39 Å². The number of rotatable bonds is 5. The van der Waals surface area contributed by atoms with E-state index >= 15 is 0 Å². The monoisotopic (exact) mass is 357 g/mol. The summed E-state index contributed by atoms with van der Waals surface area (Å²) in [5.74, 6) is -0.0160. The van der Waals surface area contributed by atoms with Gasteiger partial charge in [-0.3, -0.25) is 9.59 Å². The first-order valence-electron chi connectivity index (χ1n) is 9.01. The summed E-state index contributed by atoms with van der Waals surface area (Å²) < 4.78 is 13.1. The number of benzene rings is 1. The molecule has 138 valence electrons. The molecule has 1 saturated heterocycles. The highest BCUT2D eigenvalue weighted by Crippen LogP contribution is 2.23. The van der Waals surface area contributed by atoms with Crippen LogP contribution in [-0.4, -0.2) is 34.8 Å². The Morgan fingerprint density at radius 2 is 2.19 bits per heavy atom. The first kappa shape index (κ1) is 18.2. The van der Waals surface area contributed by atoms with Crippen molar-refractivity contribution >= 4 is 17.5 Å². The van der Waals surface area contributed by atoms with Gasteiger partial charge in [0.25, 0.3) is 5.91 Å². The molecule has 2 aromatic rings. The van der Waals surface area contributed by atoms with E-state index in [-0.39, 0.29) is 17.6 Å². The highest BCUT2D eigenvalue weighted by Gasteiger charge is 2.25. The van der Waals surface area contributed by atoms with Crippen LogP contribution in [0, 0.1) is 18.7 Å². The number of amides is 2. The van der Waals surface area contributed by atoms with Gasteiger partial charge in [0.2, 0.25) is 5.91 Å². The van der Waals surface area contributed by atoms with Crippen molar-refractivity contribution in [2.75, 3.05) is 18.4 Å². The number of hydrogen-bond acceptors (Lipinski definition) is 2. The Morgan fingerprint density at radius 3 is 2.92 bits per heavy atom. The zero-order valence-corrected chi connectivity index (χ0v) is 14.9. The number of anilines is 1. The molecule has 0 radical (unpaired) electrons. The highest BCUT2D eigenvalue weighted by molar-refractivity contribution is 5.94. The summed E-state index contributed by atoms with van der Waals surface area (Å²) in [6, 6.07) is 6.11. The van der Waals surface area contributed by atoms with Crippen molar-refractivity contribution in [2.45, 2.75) is 32.6 Å². The topological polar surface area (TPSA) is 65.2 Å². The van der Waals surface area contributed by atoms with Gasteiger partial charge in [0.15, 0.2) is 0 Å². The molecule has 0 bridgehead atoms. The zero-order chi connectivity index (χ0) is 18.5. The van der Waals surface area contributed by atoms with E-state index in [1.807, 2.05) is 4.90 Å². The molecule has 1 aliphatic rings. The first-order chi connectivity index (χ1) is 12.5. The number of nitrogens with zero attached hydrogens (tertiary/aromatic N) is 1. The molecule has 1 fully saturated rings. The third-order valence-corrected chi connectivity index (χ3v) is 4.89. The standard InChI is InChI=1S/C20H24FN3O2/c1-14-11-17(21)5-6-18(14)23-19(25)7-4-15-3-2-10-24(13-15)20(26)16-8-9-22-12-16/h5-6,8-9,11-12,15,22H,2-4,7,10,13H2,1H3,(H,23,25). The van der Waals surface area contributed by atoms with Crippen molar-refractivity contribution in [3.8, 4) is 0 Å². The molecule has 0 spiro atoms. The number of likely N-dealkylation sites (tertiary alicyclic amines) is 1. The van der Waals surface area contributed by atoms with E-state index < -0.39 is 0 Å². The van der Waals surface area contributed by atoms with Gasteiger partial charge in [0.05, 0.1) is 5.56 Å². The lowest BCUT2D eigenvalue weighted by atomic mass is 9.93. The second-order valence-electron chi connectivity index (χ2n) is 6.91. The van der Waals surface area contributed by atoms with Crippen LogP contribution in [0.3, 0.4) is 0 Å². The summed E-state index contributed by atoms with van der Waals surface area (Å²) in [7, 11) is 0. The number of aromatic amines is 1. The molecule has 2 N–H and O–H groups in total. The minimum absolute atomic E-state index is 0.0438. The second-order valence-corrected chi connectivity index (χ2v) is 6.91. The minimum Gasteiger partial charge on any atom is -0.367 e. The largest absolute Gasteiger partial charge is 0.367 e. The van der Waals surface area contributed by atoms with Crippen molar-refractivity contribution in [2.24, 2.45) is 5.92 Å². The Bertz CT molecular complexity index is 773. The van der Waals surface area contributed by atoms with Crippen molar-refractivity contribution in [1.82, 2.24) is 9.88 Å². The van der Waals surface area contributed by atoms with E-state index in [9.17, 15) is 14.0 Å². The highest BCUT2D eigenvalue weighted by atomic mass is 19.1. The number of aryl methyl sites for hydroxylation is 1. The van der Waals surface area contributed by atoms with E-state index in [2.05, 4.69) is 10.3 Å². The fourth-order valence-corrected chi connectivity index (χ4v) is 3.44. The predicted octanol–water partition coefficient (Wildman–Crippen LogP) is 3.73. The summed E-state index contributed by atoms with van der Waals surface area (Å²) in [5.41, 5.74) is 2.03. The maximum Gasteiger partial charge on any atom is 0.255 e. The zero-order valence-electron chi connectivity index (χ0n) is 14.9. The van der Waals surface area contributed by atoms with Gasteiger partial charge in [-0.2, -0.15) is 0 Å². The molecule has 5 nitrogen and oxygen atoms in total. The number of halogens is 1. The number of H-pyrrole nitrogens is 1. The van der Waals surface area contributed by atoms with Crippen LogP contribution in [0.4, 0.5) is 10.1 Å². The molecule has 26 heavy (non-hydrogen) atoms. The molecule has 1 aromatic carbocycles. The molecule has 1 aromatic heterocycles. The van der Waals surface area contributed by atoms with Crippen molar-refractivity contribution in [3.63, 3.8) is 0 Å². The third-order valence-electron chi connectivity index (χ3n) is 4.89. The van der Waals surface area contributed by atoms with E-state index in [1.54, 1.807) is 31.5 Å². The number of piperidine rings is 1. The van der Waals surface area contributed by atoms with Crippen LogP contribution in [0.1, 0.15) is 41.6 Å². The van der Waals surface area contributed by atoms with E-state index in [1.165, 1.54) is 12.1 Å². The van der Waals surface area contributed by atoms with Crippen LogP contribution in [0.2, 0.25) is 0 Å². The van der Waals surface area contributed by atoms with Crippen LogP contribution in [0.5, 0.6) is 0 Å². The average Bonchev–Trinajstić information content (AvgIpc) is 3.17. The van der Waals surface area contributed by atoms with Crippen molar-refractivity contribution in [3.05, 3.63) is 53.6 Å². The van der Waals surface area contributed by atoms with Gasteiger partial charge in [0, 0.05) is 37.6 Å². The van der Waals surface area contributed by atoms with Gasteiger partial charge < -0.3 is 15.2 Å². The Hall–Kier alpha value is -2.63. The second kappa shape index (κ2) is 8.17. The van der Waals surface area contributed by atoms with Gasteiger partial charge in [-0.05, 0) is 61.9 Å². The molecular formula is C20H24FN3O2. The molecule has 0 aliphatic carbocycles. The number of carbonyl (C=O) groups is 2. The van der Waals surface area contributed by atoms with Crippen molar-refractivity contribution in [1.29, 1.82) is 0 Å². The number of hydrogen-bond donors (Lipinski definition) is 2. The van der Waals surface area contributed by atoms with Gasteiger partial charge in [0.1, 0.15) is 5.82 Å². The number of aromatic nitrogens is 1. The van der Waals surface area contributed by atoms with Crippen LogP contribution in [-0.2, 0) is 4.79 Å². The molecular weight excluding hydrogens is 333 g/mol. The maximum atomic E-state index is 13.1. The van der Waals surface area contributed by atoms with Gasteiger partial charge in [-0.1, -0.05) is 0 Å². The van der Waals surface area contributed by atoms with Crippen molar-refractivity contribution < 1.29 is 14.0 Å². The minimum atomic E-state index is -0.310. The summed E-state index contributed by atoms with van der Waals surface area (Å²) in [4.78, 5) is 29.4. The Labute approximate surface area is 152 Å². The lowest BCUT2D eigenvalue weighted by molar-refractivity contribution is -0.116. The van der Waals surface area contributed by atoms with E-state index in [0.29, 0.717) is 35.7 Å². The molecule has 1 unspecified atom stereocenters. The van der Waals surface area contributed by atoms with Gasteiger partial charge in [-0.15, -0.1) is 0 Å². The van der Waals surface area contributed by atoms with E-state index in [4.69, 9.17) is 0 Å². The Morgan fingerprint density at radius 1 is 1.35 bits per heavy atom. The predicted molar refractivity (Wildman–Crippen MR) is 98.4 cm³/mol. The van der Waals surface area contributed by atoms with Gasteiger partial charge >= 0.3 is 0 Å². The molecule has 2 heterocycles. The summed E-state index contributed by atoms with van der Waals surface area (Å²) in [5, 5.41) is 2.84. The average molecular weight is 357 g/mol. The van der Waals surface area contributed by atoms with Crippen LogP contribution < -0.4 is 5.32 Å². The smallest absolute Gasteiger partial charge is 0.255 e. The molecule has 3 rings (SSSR count). The maximum absolute atomic E-state index is 13.1. The lowest BCUT2D eigenvalue weighted by Crippen LogP contribution is -2.40. The Kier molecular flexibility index (Phi) is 5.71. The quantitative estimate of drug-likeness (QED) is 0.856. The third kappa shape index (κ3) is 4.50. The fraction of sp³-hybridized carbons (Fsp3) is 0.400. The normalized spacial score (nSPS) is 17.2. The lowest BCUT2D eigenvalue weighted by Gasteiger charge is -2.32. The van der Waals surface area contributed by atoms with E-state index in [0.717, 1.165) is 25.8 Å². The molecule has 1 aliphatic heterocycles. The van der Waals surface area contributed by atoms with Crippen LogP contribution in [0.25, 0.3) is 0 Å².